The molecule has 0 saturated carbocycles. The molecule has 27 heavy (non-hydrogen) atoms. The van der Waals surface area contributed by atoms with Crippen molar-refractivity contribution in [3.8, 4) is 0 Å². The predicted octanol–water partition coefficient (Wildman–Crippen LogP) is 1.62. The summed E-state index contributed by atoms with van der Waals surface area (Å²) in [6, 6.07) is 19.6. The maximum atomic E-state index is 10.6. The number of benzene rings is 2. The lowest BCUT2D eigenvalue weighted by Gasteiger charge is -2.30. The van der Waals surface area contributed by atoms with Crippen LogP contribution in [0.1, 0.15) is 11.1 Å². The molecule has 2 aromatic rings. The van der Waals surface area contributed by atoms with Gasteiger partial charge in [-0.3, -0.25) is 0 Å². The highest BCUT2D eigenvalue weighted by Gasteiger charge is 2.35. The number of rotatable bonds is 11. The van der Waals surface area contributed by atoms with Gasteiger partial charge in [0.25, 0.3) is 0 Å². The van der Waals surface area contributed by atoms with Crippen LogP contribution in [0, 0.1) is 0 Å². The topological polar surface area (TPSA) is 101 Å². The van der Waals surface area contributed by atoms with Crippen LogP contribution in [0.3, 0.4) is 0 Å². The van der Waals surface area contributed by atoms with Gasteiger partial charge in [-0.1, -0.05) is 60.7 Å². The summed E-state index contributed by atoms with van der Waals surface area (Å²) in [5.74, 6) is 1.27. The fourth-order valence-electron chi connectivity index (χ4n) is 2.45. The van der Waals surface area contributed by atoms with Crippen LogP contribution in [-0.2, 0) is 11.5 Å². The van der Waals surface area contributed by atoms with Gasteiger partial charge in [0, 0.05) is 11.5 Å². The number of hydrogen-bond donors (Lipinski definition) is 5. The summed E-state index contributed by atoms with van der Waals surface area (Å²) >= 11 is 2.93. The smallest absolute Gasteiger partial charge is 0.111 e. The zero-order valence-corrected chi connectivity index (χ0v) is 16.5. The van der Waals surface area contributed by atoms with Gasteiger partial charge in [-0.05, 0) is 11.1 Å². The molecule has 0 unspecified atom stereocenters. The van der Waals surface area contributed by atoms with Crippen molar-refractivity contribution in [2.45, 2.75) is 40.5 Å². The van der Waals surface area contributed by atoms with Crippen molar-refractivity contribution in [3.05, 3.63) is 71.8 Å². The molecule has 0 aliphatic rings. The first-order valence-corrected chi connectivity index (χ1v) is 10.8. The Labute approximate surface area is 168 Å². The van der Waals surface area contributed by atoms with E-state index in [2.05, 4.69) is 0 Å². The zero-order chi connectivity index (χ0) is 19.6. The second kappa shape index (κ2) is 11.7. The summed E-state index contributed by atoms with van der Waals surface area (Å²) in [4.78, 5) is 0. The first-order chi connectivity index (χ1) is 13.0. The Bertz CT molecular complexity index is 600. The van der Waals surface area contributed by atoms with Gasteiger partial charge in [0.15, 0.2) is 0 Å². The lowest BCUT2D eigenvalue weighted by atomic mass is 10.0. The van der Waals surface area contributed by atoms with Crippen molar-refractivity contribution in [1.29, 1.82) is 0 Å². The molecule has 0 bridgehead atoms. The van der Waals surface area contributed by atoms with Crippen molar-refractivity contribution in [2.24, 2.45) is 0 Å². The van der Waals surface area contributed by atoms with Gasteiger partial charge in [0.1, 0.15) is 24.4 Å². The van der Waals surface area contributed by atoms with E-state index >= 15 is 0 Å². The highest BCUT2D eigenvalue weighted by atomic mass is 32.2. The van der Waals surface area contributed by atoms with E-state index in [1.54, 1.807) is 0 Å². The van der Waals surface area contributed by atoms with Gasteiger partial charge >= 0.3 is 0 Å². The summed E-state index contributed by atoms with van der Waals surface area (Å²) in [6.45, 7) is -0.691. The summed E-state index contributed by atoms with van der Waals surface area (Å²) in [5, 5.41) is 49.3. The SMILES string of the molecule is OC[C@H](O)[C@H](O)[C@@H](O)[C@H](O)C(SCc1ccccc1)SCc1ccccc1. The highest BCUT2D eigenvalue weighted by Crippen LogP contribution is 2.34. The van der Waals surface area contributed by atoms with Crippen LogP contribution < -0.4 is 0 Å². The lowest BCUT2D eigenvalue weighted by Crippen LogP contribution is -2.48. The molecule has 0 aliphatic heterocycles. The molecule has 148 valence electrons. The van der Waals surface area contributed by atoms with E-state index < -0.39 is 35.6 Å². The monoisotopic (exact) mass is 410 g/mol. The van der Waals surface area contributed by atoms with Crippen molar-refractivity contribution in [1.82, 2.24) is 0 Å². The van der Waals surface area contributed by atoms with Gasteiger partial charge in [0.2, 0.25) is 0 Å². The number of aliphatic hydroxyl groups is 5. The Hall–Kier alpha value is -1.06. The van der Waals surface area contributed by atoms with E-state index in [4.69, 9.17) is 5.11 Å². The first kappa shape index (κ1) is 22.2. The van der Waals surface area contributed by atoms with E-state index in [1.165, 1.54) is 23.5 Å². The Kier molecular flexibility index (Phi) is 9.64. The van der Waals surface area contributed by atoms with Crippen LogP contribution in [0.2, 0.25) is 0 Å². The molecule has 0 amide bonds. The molecule has 0 aromatic heterocycles. The van der Waals surface area contributed by atoms with E-state index in [1.807, 2.05) is 60.7 Å². The van der Waals surface area contributed by atoms with E-state index in [9.17, 15) is 20.4 Å². The zero-order valence-electron chi connectivity index (χ0n) is 14.8. The van der Waals surface area contributed by atoms with Crippen LogP contribution in [0.5, 0.6) is 0 Å². The fourth-order valence-corrected chi connectivity index (χ4v) is 5.06. The largest absolute Gasteiger partial charge is 0.394 e. The van der Waals surface area contributed by atoms with E-state index in [0.29, 0.717) is 11.5 Å². The Morgan fingerprint density at radius 3 is 1.48 bits per heavy atom. The summed E-state index contributed by atoms with van der Waals surface area (Å²) in [7, 11) is 0. The molecular weight excluding hydrogens is 384 g/mol. The minimum absolute atomic E-state index is 0.430. The molecule has 0 heterocycles. The van der Waals surface area contributed by atoms with Crippen molar-refractivity contribution < 1.29 is 25.5 Å². The molecule has 0 saturated heterocycles. The molecule has 0 fully saturated rings. The van der Waals surface area contributed by atoms with Gasteiger partial charge in [0.05, 0.1) is 11.2 Å². The van der Waals surface area contributed by atoms with Gasteiger partial charge in [-0.15, -0.1) is 23.5 Å². The average molecular weight is 411 g/mol. The number of aliphatic hydroxyl groups excluding tert-OH is 5. The summed E-state index contributed by atoms with van der Waals surface area (Å²) < 4.78 is -0.430. The highest BCUT2D eigenvalue weighted by molar-refractivity contribution is 8.16. The van der Waals surface area contributed by atoms with Crippen LogP contribution in [0.25, 0.3) is 0 Å². The lowest BCUT2D eigenvalue weighted by molar-refractivity contribution is -0.111. The third-order valence-electron chi connectivity index (χ3n) is 4.07. The minimum Gasteiger partial charge on any atom is -0.394 e. The Morgan fingerprint density at radius 1 is 0.630 bits per heavy atom. The third-order valence-corrected chi connectivity index (χ3v) is 7.11. The first-order valence-electron chi connectivity index (χ1n) is 8.67. The van der Waals surface area contributed by atoms with Crippen LogP contribution in [0.4, 0.5) is 0 Å². The molecule has 7 heteroatoms. The minimum atomic E-state index is -1.62. The van der Waals surface area contributed by atoms with Crippen molar-refractivity contribution in [3.63, 3.8) is 0 Å². The fraction of sp³-hybridized carbons (Fsp3) is 0.400. The molecular formula is C20H26O5S2. The quantitative estimate of drug-likeness (QED) is 0.359. The van der Waals surface area contributed by atoms with Crippen LogP contribution in [0.15, 0.2) is 60.7 Å². The molecule has 5 N–H and O–H groups in total. The number of hydrogen-bond acceptors (Lipinski definition) is 7. The van der Waals surface area contributed by atoms with Crippen molar-refractivity contribution >= 4 is 23.5 Å². The van der Waals surface area contributed by atoms with Gasteiger partial charge in [-0.2, -0.15) is 0 Å². The molecule has 4 atom stereocenters. The maximum absolute atomic E-state index is 10.6. The Balaban J connectivity index is 2.04. The second-order valence-electron chi connectivity index (χ2n) is 6.18. The van der Waals surface area contributed by atoms with Gasteiger partial charge < -0.3 is 25.5 Å². The van der Waals surface area contributed by atoms with Crippen LogP contribution in [-0.4, -0.2) is 61.1 Å². The third kappa shape index (κ3) is 7.12. The molecule has 2 rings (SSSR count). The molecule has 0 spiro atoms. The molecule has 2 aromatic carbocycles. The van der Waals surface area contributed by atoms with E-state index in [-0.39, 0.29) is 0 Å². The number of thioether (sulfide) groups is 2. The molecule has 0 radical (unpaired) electrons. The Morgan fingerprint density at radius 2 is 1.07 bits per heavy atom. The van der Waals surface area contributed by atoms with Crippen LogP contribution >= 0.6 is 23.5 Å². The average Bonchev–Trinajstić information content (AvgIpc) is 2.73. The van der Waals surface area contributed by atoms with Gasteiger partial charge in [-0.25, -0.2) is 0 Å². The summed E-state index contributed by atoms with van der Waals surface area (Å²) in [5.41, 5.74) is 2.18. The predicted molar refractivity (Wildman–Crippen MR) is 110 cm³/mol. The molecule has 0 aliphatic carbocycles. The van der Waals surface area contributed by atoms with Crippen molar-refractivity contribution in [2.75, 3.05) is 6.61 Å². The standard InChI is InChI=1S/C20H26O5S2/c21-11-16(22)17(23)18(24)19(25)20(26-12-14-7-3-1-4-8-14)27-13-15-9-5-2-6-10-15/h1-10,16-25H,11-13H2/t16-,17-,18+,19-/m0/s1. The normalized spacial score (nSPS) is 16.1. The van der Waals surface area contributed by atoms with E-state index in [0.717, 1.165) is 11.1 Å². The summed E-state index contributed by atoms with van der Waals surface area (Å²) in [6.07, 6.45) is -5.97. The molecule has 5 nitrogen and oxygen atoms in total. The maximum Gasteiger partial charge on any atom is 0.111 e. The second-order valence-corrected chi connectivity index (χ2v) is 8.74.